The van der Waals surface area contributed by atoms with Crippen molar-refractivity contribution >= 4 is 11.9 Å². The van der Waals surface area contributed by atoms with Gasteiger partial charge in [0, 0.05) is 51.8 Å². The second-order valence-corrected chi connectivity index (χ2v) is 8.21. The number of carbonyl (C=O) groups is 2. The quantitative estimate of drug-likeness (QED) is 0.795. The van der Waals surface area contributed by atoms with E-state index in [0.29, 0.717) is 19.6 Å². The lowest BCUT2D eigenvalue weighted by Crippen LogP contribution is -2.42. The van der Waals surface area contributed by atoms with Crippen LogP contribution >= 0.6 is 0 Å². The van der Waals surface area contributed by atoms with Crippen LogP contribution in [0.2, 0.25) is 0 Å². The van der Waals surface area contributed by atoms with Gasteiger partial charge in [0.25, 0.3) is 0 Å². The molecule has 0 bridgehead atoms. The monoisotopic (exact) mass is 399 g/mol. The number of carbonyl (C=O) groups excluding carboxylic acids is 2. The van der Waals surface area contributed by atoms with Gasteiger partial charge in [-0.1, -0.05) is 12.1 Å². The topological polar surface area (TPSA) is 61.7 Å². The molecule has 0 spiro atoms. The third kappa shape index (κ3) is 3.71. The van der Waals surface area contributed by atoms with Crippen molar-refractivity contribution in [1.82, 2.24) is 24.5 Å². The summed E-state index contributed by atoms with van der Waals surface area (Å²) in [4.78, 5) is 30.8. The second-order valence-electron chi connectivity index (χ2n) is 8.21. The molecule has 0 saturated carbocycles. The number of hydrogen-bond donors (Lipinski definition) is 0. The number of aromatic nitrogens is 2. The standard InChI is InChI=1S/C21H26FN5O2/c1-14-7-8-26(23-14)13-19(28)25-10-16-11-27(21(29)24(2)3)20(18(16)12-25)15-5-4-6-17(22)9-15/h4-9,16,18,20H,10-13H2,1-3H3/t16-,18-,20+/m1/s1. The first kappa shape index (κ1) is 19.4. The lowest BCUT2D eigenvalue weighted by atomic mass is 9.89. The summed E-state index contributed by atoms with van der Waals surface area (Å²) in [5.74, 6) is -0.0337. The maximum atomic E-state index is 13.9. The minimum atomic E-state index is -0.316. The van der Waals surface area contributed by atoms with Crippen molar-refractivity contribution in [3.63, 3.8) is 0 Å². The van der Waals surface area contributed by atoms with Crippen molar-refractivity contribution in [2.45, 2.75) is 19.5 Å². The van der Waals surface area contributed by atoms with Gasteiger partial charge in [-0.2, -0.15) is 5.10 Å². The predicted octanol–water partition coefficient (Wildman–Crippen LogP) is 2.14. The van der Waals surface area contributed by atoms with Crippen LogP contribution in [-0.2, 0) is 11.3 Å². The molecule has 0 radical (unpaired) electrons. The number of hydrogen-bond acceptors (Lipinski definition) is 3. The van der Waals surface area contributed by atoms with Crippen LogP contribution in [0.25, 0.3) is 0 Å². The zero-order chi connectivity index (χ0) is 20.7. The van der Waals surface area contributed by atoms with Crippen molar-refractivity contribution < 1.29 is 14.0 Å². The Kier molecular flexibility index (Phi) is 5.02. The second kappa shape index (κ2) is 7.50. The molecule has 2 fully saturated rings. The number of urea groups is 1. The van der Waals surface area contributed by atoms with E-state index in [9.17, 15) is 14.0 Å². The molecular weight excluding hydrogens is 373 g/mol. The summed E-state index contributed by atoms with van der Waals surface area (Å²) in [6, 6.07) is 7.99. The molecule has 7 nitrogen and oxygen atoms in total. The summed E-state index contributed by atoms with van der Waals surface area (Å²) < 4.78 is 15.6. The molecule has 3 amide bonds. The first-order valence-electron chi connectivity index (χ1n) is 9.84. The van der Waals surface area contributed by atoms with Crippen LogP contribution in [0.4, 0.5) is 9.18 Å². The fraction of sp³-hybridized carbons (Fsp3) is 0.476. The number of rotatable bonds is 3. The lowest BCUT2D eigenvalue weighted by molar-refractivity contribution is -0.131. The van der Waals surface area contributed by atoms with Crippen LogP contribution in [0, 0.1) is 24.6 Å². The molecule has 29 heavy (non-hydrogen) atoms. The van der Waals surface area contributed by atoms with Crippen LogP contribution < -0.4 is 0 Å². The zero-order valence-electron chi connectivity index (χ0n) is 17.0. The maximum absolute atomic E-state index is 13.9. The van der Waals surface area contributed by atoms with Crippen LogP contribution in [0.1, 0.15) is 17.3 Å². The molecular formula is C21H26FN5O2. The molecule has 154 valence electrons. The van der Waals surface area contributed by atoms with Crippen molar-refractivity contribution in [1.29, 1.82) is 0 Å². The van der Waals surface area contributed by atoms with E-state index < -0.39 is 0 Å². The van der Waals surface area contributed by atoms with Gasteiger partial charge in [-0.25, -0.2) is 9.18 Å². The van der Waals surface area contributed by atoms with Crippen molar-refractivity contribution in [2.24, 2.45) is 11.8 Å². The summed E-state index contributed by atoms with van der Waals surface area (Å²) in [6.07, 6.45) is 1.80. The molecule has 2 aliphatic rings. The molecule has 0 unspecified atom stereocenters. The average molecular weight is 399 g/mol. The fourth-order valence-electron chi connectivity index (χ4n) is 4.61. The number of likely N-dealkylation sites (tertiary alicyclic amines) is 2. The first-order valence-corrected chi connectivity index (χ1v) is 9.84. The summed E-state index contributed by atoms with van der Waals surface area (Å²) in [5, 5.41) is 4.29. The van der Waals surface area contributed by atoms with E-state index in [-0.39, 0.29) is 42.2 Å². The van der Waals surface area contributed by atoms with Gasteiger partial charge >= 0.3 is 6.03 Å². The molecule has 3 heterocycles. The van der Waals surface area contributed by atoms with Crippen LogP contribution in [0.3, 0.4) is 0 Å². The van der Waals surface area contributed by atoms with Crippen LogP contribution in [0.5, 0.6) is 0 Å². The molecule has 2 saturated heterocycles. The minimum absolute atomic E-state index is 0.0194. The predicted molar refractivity (Wildman–Crippen MR) is 105 cm³/mol. The third-order valence-electron chi connectivity index (χ3n) is 5.91. The molecule has 0 N–H and O–H groups in total. The van der Waals surface area contributed by atoms with Gasteiger partial charge in [0.05, 0.1) is 11.7 Å². The van der Waals surface area contributed by atoms with Gasteiger partial charge in [-0.05, 0) is 30.7 Å². The molecule has 1 aromatic heterocycles. The summed E-state index contributed by atoms with van der Waals surface area (Å²) in [7, 11) is 3.45. The molecule has 0 aliphatic carbocycles. The van der Waals surface area contributed by atoms with Gasteiger partial charge in [0.1, 0.15) is 12.4 Å². The first-order chi connectivity index (χ1) is 13.8. The summed E-state index contributed by atoms with van der Waals surface area (Å²) >= 11 is 0. The van der Waals surface area contributed by atoms with E-state index in [1.165, 1.54) is 12.1 Å². The Balaban J connectivity index is 1.55. The Morgan fingerprint density at radius 1 is 1.21 bits per heavy atom. The number of amides is 3. The summed E-state index contributed by atoms with van der Waals surface area (Å²) in [6.45, 7) is 3.82. The highest BCUT2D eigenvalue weighted by atomic mass is 19.1. The molecule has 2 aromatic rings. The van der Waals surface area contributed by atoms with Gasteiger partial charge in [-0.3, -0.25) is 9.48 Å². The third-order valence-corrected chi connectivity index (χ3v) is 5.91. The Morgan fingerprint density at radius 3 is 2.66 bits per heavy atom. The Bertz CT molecular complexity index is 927. The molecule has 3 atom stereocenters. The van der Waals surface area contributed by atoms with E-state index in [1.807, 2.05) is 28.9 Å². The maximum Gasteiger partial charge on any atom is 0.320 e. The molecule has 2 aliphatic heterocycles. The normalized spacial score (nSPS) is 23.4. The van der Waals surface area contributed by atoms with E-state index in [0.717, 1.165) is 11.3 Å². The smallest absolute Gasteiger partial charge is 0.320 e. The van der Waals surface area contributed by atoms with Gasteiger partial charge in [0.2, 0.25) is 5.91 Å². The highest BCUT2D eigenvalue weighted by Crippen LogP contribution is 2.45. The average Bonchev–Trinajstić information content (AvgIpc) is 3.34. The highest BCUT2D eigenvalue weighted by Gasteiger charge is 2.50. The molecule has 4 rings (SSSR count). The Morgan fingerprint density at radius 2 is 2.00 bits per heavy atom. The fourth-order valence-corrected chi connectivity index (χ4v) is 4.61. The van der Waals surface area contributed by atoms with Gasteiger partial charge in [0.15, 0.2) is 0 Å². The van der Waals surface area contributed by atoms with E-state index in [2.05, 4.69) is 5.10 Å². The molecule has 1 aromatic carbocycles. The van der Waals surface area contributed by atoms with E-state index in [4.69, 9.17) is 0 Å². The van der Waals surface area contributed by atoms with Gasteiger partial charge < -0.3 is 14.7 Å². The number of benzene rings is 1. The minimum Gasteiger partial charge on any atom is -0.340 e. The zero-order valence-corrected chi connectivity index (χ0v) is 17.0. The largest absolute Gasteiger partial charge is 0.340 e. The van der Waals surface area contributed by atoms with Crippen molar-refractivity contribution in [3.05, 3.63) is 53.6 Å². The van der Waals surface area contributed by atoms with Gasteiger partial charge in [-0.15, -0.1) is 0 Å². The Hall–Kier alpha value is -2.90. The summed E-state index contributed by atoms with van der Waals surface area (Å²) in [5.41, 5.74) is 1.66. The van der Waals surface area contributed by atoms with E-state index >= 15 is 0 Å². The van der Waals surface area contributed by atoms with E-state index in [1.54, 1.807) is 35.9 Å². The van der Waals surface area contributed by atoms with Crippen molar-refractivity contribution in [3.8, 4) is 0 Å². The number of fused-ring (bicyclic) bond motifs is 1. The van der Waals surface area contributed by atoms with Crippen LogP contribution in [0.15, 0.2) is 36.5 Å². The Labute approximate surface area is 169 Å². The number of halogens is 1. The highest BCUT2D eigenvalue weighted by molar-refractivity contribution is 5.77. The van der Waals surface area contributed by atoms with Crippen LogP contribution in [-0.4, -0.2) is 70.1 Å². The number of aryl methyl sites for hydroxylation is 1. The lowest BCUT2D eigenvalue weighted by Gasteiger charge is -2.32. The SMILES string of the molecule is Cc1ccn(CC(=O)N2C[C@@H]3CN(C(=O)N(C)C)[C@@H](c4cccc(F)c4)[C@@H]3C2)n1. The number of nitrogens with zero attached hydrogens (tertiary/aromatic N) is 5. The molecule has 8 heteroatoms. The van der Waals surface area contributed by atoms with Crippen molar-refractivity contribution in [2.75, 3.05) is 33.7 Å².